The SMILES string of the molecule is COc1cccc(-c2nc(-c3cc(OC)c(OC)c(OC)c3)[nH]c2-c2cccc(OC)c2)c1. The number of nitrogens with one attached hydrogen (secondary N) is 1. The molecule has 33 heavy (non-hydrogen) atoms. The quantitative estimate of drug-likeness (QED) is 0.388. The summed E-state index contributed by atoms with van der Waals surface area (Å²) in [6.45, 7) is 0. The summed E-state index contributed by atoms with van der Waals surface area (Å²) >= 11 is 0. The van der Waals surface area contributed by atoms with Gasteiger partial charge in [-0.25, -0.2) is 4.98 Å². The lowest BCUT2D eigenvalue weighted by atomic mass is 10.0. The molecule has 4 aromatic rings. The summed E-state index contributed by atoms with van der Waals surface area (Å²) in [6.07, 6.45) is 0. The zero-order valence-electron chi connectivity index (χ0n) is 19.3. The number of hydrogen-bond donors (Lipinski definition) is 1. The van der Waals surface area contributed by atoms with E-state index in [4.69, 9.17) is 28.7 Å². The number of nitrogens with zero attached hydrogens (tertiary/aromatic N) is 1. The molecule has 0 aliphatic heterocycles. The summed E-state index contributed by atoms with van der Waals surface area (Å²) in [7, 11) is 8.05. The van der Waals surface area contributed by atoms with Crippen molar-refractivity contribution in [2.45, 2.75) is 0 Å². The Bertz CT molecular complexity index is 1180. The van der Waals surface area contributed by atoms with Crippen LogP contribution in [0.3, 0.4) is 0 Å². The second kappa shape index (κ2) is 9.56. The van der Waals surface area contributed by atoms with Crippen molar-refractivity contribution < 1.29 is 23.7 Å². The zero-order chi connectivity index (χ0) is 23.4. The Morgan fingerprint density at radius 1 is 0.606 bits per heavy atom. The molecule has 3 aromatic carbocycles. The first-order valence-electron chi connectivity index (χ1n) is 10.3. The third-order valence-corrected chi connectivity index (χ3v) is 5.34. The van der Waals surface area contributed by atoms with Crippen molar-refractivity contribution in [2.24, 2.45) is 0 Å². The number of benzene rings is 3. The average Bonchev–Trinajstić information content (AvgIpc) is 3.33. The highest BCUT2D eigenvalue weighted by Crippen LogP contribution is 2.42. The van der Waals surface area contributed by atoms with Crippen molar-refractivity contribution in [2.75, 3.05) is 35.5 Å². The zero-order valence-corrected chi connectivity index (χ0v) is 19.3. The predicted molar refractivity (Wildman–Crippen MR) is 128 cm³/mol. The molecule has 1 heterocycles. The Hall–Kier alpha value is -4.13. The fourth-order valence-corrected chi connectivity index (χ4v) is 3.69. The maximum atomic E-state index is 5.53. The van der Waals surface area contributed by atoms with Crippen molar-refractivity contribution in [3.63, 3.8) is 0 Å². The number of ether oxygens (including phenoxy) is 5. The number of aromatic amines is 1. The lowest BCUT2D eigenvalue weighted by molar-refractivity contribution is 0.324. The molecule has 0 spiro atoms. The van der Waals surface area contributed by atoms with Crippen LogP contribution in [0.5, 0.6) is 28.7 Å². The van der Waals surface area contributed by atoms with Crippen molar-refractivity contribution in [3.05, 3.63) is 60.7 Å². The Morgan fingerprint density at radius 2 is 1.18 bits per heavy atom. The van der Waals surface area contributed by atoms with Crippen LogP contribution in [0.25, 0.3) is 33.9 Å². The van der Waals surface area contributed by atoms with Gasteiger partial charge in [0.05, 0.1) is 46.9 Å². The molecule has 0 amide bonds. The van der Waals surface area contributed by atoms with Gasteiger partial charge in [0.25, 0.3) is 0 Å². The monoisotopic (exact) mass is 446 g/mol. The van der Waals surface area contributed by atoms with E-state index in [1.165, 1.54) is 0 Å². The van der Waals surface area contributed by atoms with Gasteiger partial charge in [-0.05, 0) is 36.4 Å². The van der Waals surface area contributed by atoms with E-state index in [2.05, 4.69) is 4.98 Å². The number of methoxy groups -OCH3 is 5. The molecular weight excluding hydrogens is 420 g/mol. The summed E-state index contributed by atoms with van der Waals surface area (Å²) in [4.78, 5) is 8.44. The van der Waals surface area contributed by atoms with E-state index >= 15 is 0 Å². The second-order valence-corrected chi connectivity index (χ2v) is 7.19. The van der Waals surface area contributed by atoms with Gasteiger partial charge in [0, 0.05) is 16.7 Å². The van der Waals surface area contributed by atoms with Gasteiger partial charge in [-0.2, -0.15) is 0 Å². The van der Waals surface area contributed by atoms with Crippen molar-refractivity contribution >= 4 is 0 Å². The molecule has 0 aliphatic carbocycles. The van der Waals surface area contributed by atoms with Crippen LogP contribution in [0.1, 0.15) is 0 Å². The minimum Gasteiger partial charge on any atom is -0.497 e. The van der Waals surface area contributed by atoms with Gasteiger partial charge in [-0.3, -0.25) is 0 Å². The van der Waals surface area contributed by atoms with Gasteiger partial charge in [0.15, 0.2) is 11.5 Å². The van der Waals surface area contributed by atoms with E-state index in [1.807, 2.05) is 60.7 Å². The topological polar surface area (TPSA) is 74.8 Å². The fraction of sp³-hybridized carbons (Fsp3) is 0.192. The van der Waals surface area contributed by atoms with Crippen LogP contribution >= 0.6 is 0 Å². The van der Waals surface area contributed by atoms with Gasteiger partial charge in [0.2, 0.25) is 5.75 Å². The summed E-state index contributed by atoms with van der Waals surface area (Å²) in [5.74, 6) is 3.79. The largest absolute Gasteiger partial charge is 0.497 e. The lowest BCUT2D eigenvalue weighted by Gasteiger charge is -2.13. The molecule has 1 N–H and O–H groups in total. The Labute approximate surface area is 192 Å². The highest BCUT2D eigenvalue weighted by Gasteiger charge is 2.20. The molecule has 0 unspecified atom stereocenters. The molecule has 1 aromatic heterocycles. The van der Waals surface area contributed by atoms with Gasteiger partial charge in [-0.15, -0.1) is 0 Å². The Kier molecular flexibility index (Phi) is 6.40. The smallest absolute Gasteiger partial charge is 0.203 e. The van der Waals surface area contributed by atoms with Crippen LogP contribution in [0, 0.1) is 0 Å². The van der Waals surface area contributed by atoms with Crippen LogP contribution in [0.4, 0.5) is 0 Å². The molecule has 0 radical (unpaired) electrons. The number of imidazole rings is 1. The molecule has 0 atom stereocenters. The average molecular weight is 447 g/mol. The molecule has 0 fully saturated rings. The minimum absolute atomic E-state index is 0.524. The molecule has 0 aliphatic rings. The molecule has 170 valence electrons. The third kappa shape index (κ3) is 4.30. The van der Waals surface area contributed by atoms with Gasteiger partial charge in [-0.1, -0.05) is 24.3 Å². The Morgan fingerprint density at radius 3 is 1.73 bits per heavy atom. The van der Waals surface area contributed by atoms with Crippen LogP contribution in [-0.4, -0.2) is 45.5 Å². The molecule has 0 saturated heterocycles. The summed E-state index contributed by atoms with van der Waals surface area (Å²) in [5.41, 5.74) is 4.29. The van der Waals surface area contributed by atoms with Crippen LogP contribution in [-0.2, 0) is 0 Å². The van der Waals surface area contributed by atoms with Gasteiger partial charge >= 0.3 is 0 Å². The van der Waals surface area contributed by atoms with Gasteiger partial charge < -0.3 is 28.7 Å². The maximum Gasteiger partial charge on any atom is 0.203 e. The molecule has 0 saturated carbocycles. The van der Waals surface area contributed by atoms with Crippen molar-refractivity contribution in [1.82, 2.24) is 9.97 Å². The van der Waals surface area contributed by atoms with Crippen LogP contribution in [0.15, 0.2) is 60.7 Å². The molecule has 7 nitrogen and oxygen atoms in total. The van der Waals surface area contributed by atoms with Gasteiger partial charge in [0.1, 0.15) is 17.3 Å². The second-order valence-electron chi connectivity index (χ2n) is 7.19. The molecular formula is C26H26N2O5. The molecule has 0 bridgehead atoms. The summed E-state index contributed by atoms with van der Waals surface area (Å²) < 4.78 is 27.4. The Balaban J connectivity index is 1.93. The molecule has 7 heteroatoms. The standard InChI is InChI=1S/C26H26N2O5/c1-29-19-10-6-8-16(12-19)23-24(17-9-7-11-20(13-17)30-2)28-26(27-23)18-14-21(31-3)25(33-5)22(15-18)32-4/h6-15H,1-5H3,(H,27,28). The number of H-pyrrole nitrogens is 1. The van der Waals surface area contributed by atoms with E-state index in [9.17, 15) is 0 Å². The normalized spacial score (nSPS) is 10.6. The number of hydrogen-bond acceptors (Lipinski definition) is 6. The number of aromatic nitrogens is 2. The van der Waals surface area contributed by atoms with Crippen LogP contribution in [0.2, 0.25) is 0 Å². The van der Waals surface area contributed by atoms with E-state index in [1.54, 1.807) is 35.5 Å². The first kappa shape index (κ1) is 22.1. The van der Waals surface area contributed by atoms with E-state index in [0.29, 0.717) is 23.1 Å². The third-order valence-electron chi connectivity index (χ3n) is 5.34. The first-order chi connectivity index (χ1) is 16.1. The molecule has 4 rings (SSSR count). The van der Waals surface area contributed by atoms with Crippen molar-refractivity contribution in [3.8, 4) is 62.7 Å². The predicted octanol–water partition coefficient (Wildman–Crippen LogP) is 5.45. The van der Waals surface area contributed by atoms with E-state index in [-0.39, 0.29) is 0 Å². The highest BCUT2D eigenvalue weighted by atomic mass is 16.5. The fourth-order valence-electron chi connectivity index (χ4n) is 3.69. The minimum atomic E-state index is 0.524. The highest BCUT2D eigenvalue weighted by molar-refractivity contribution is 5.82. The van der Waals surface area contributed by atoms with Crippen LogP contribution < -0.4 is 23.7 Å². The lowest BCUT2D eigenvalue weighted by Crippen LogP contribution is -1.96. The summed E-state index contributed by atoms with van der Waals surface area (Å²) in [5, 5.41) is 0. The van der Waals surface area contributed by atoms with Crippen molar-refractivity contribution in [1.29, 1.82) is 0 Å². The van der Waals surface area contributed by atoms with E-state index < -0.39 is 0 Å². The number of rotatable bonds is 8. The summed E-state index contributed by atoms with van der Waals surface area (Å²) in [6, 6.07) is 19.4. The first-order valence-corrected chi connectivity index (χ1v) is 10.3. The van der Waals surface area contributed by atoms with E-state index in [0.717, 1.165) is 39.6 Å². The maximum absolute atomic E-state index is 5.53.